The minimum Gasteiger partial charge on any atom is -0.480 e. The molecule has 1 aliphatic rings. The number of likely N-dealkylation sites (tertiary alicyclic amines) is 1. The van der Waals surface area contributed by atoms with E-state index in [1.165, 1.54) is 13.0 Å². The topological polar surface area (TPSA) is 107 Å². The summed E-state index contributed by atoms with van der Waals surface area (Å²) in [4.78, 5) is 35.6. The molecule has 0 spiro atoms. The number of urea groups is 1. The molecule has 7 nitrogen and oxygen atoms in total. The van der Waals surface area contributed by atoms with E-state index in [1.54, 1.807) is 18.2 Å². The number of aliphatic carboxylic acids is 1. The van der Waals surface area contributed by atoms with Crippen molar-refractivity contribution < 1.29 is 24.6 Å². The summed E-state index contributed by atoms with van der Waals surface area (Å²) in [5.74, 6) is -1.29. The second-order valence-corrected chi connectivity index (χ2v) is 4.96. The Kier molecular flexibility index (Phi) is 4.23. The van der Waals surface area contributed by atoms with Gasteiger partial charge >= 0.3 is 12.0 Å². The van der Waals surface area contributed by atoms with E-state index in [-0.39, 0.29) is 18.7 Å². The van der Waals surface area contributed by atoms with E-state index in [0.29, 0.717) is 11.3 Å². The summed E-state index contributed by atoms with van der Waals surface area (Å²) in [6, 6.07) is 4.71. The first-order valence-electron chi connectivity index (χ1n) is 6.48. The van der Waals surface area contributed by atoms with Crippen LogP contribution in [0, 0.1) is 0 Å². The molecule has 1 heterocycles. The SMILES string of the molecule is CC(=O)c1cccc(NC(=O)N2CC(O)CC2C(=O)O)c1. The Morgan fingerprint density at radius 1 is 1.33 bits per heavy atom. The van der Waals surface area contributed by atoms with Crippen LogP contribution >= 0.6 is 0 Å². The van der Waals surface area contributed by atoms with Crippen LogP contribution in [-0.4, -0.2) is 51.6 Å². The molecule has 1 aromatic rings. The number of hydrogen-bond donors (Lipinski definition) is 3. The van der Waals surface area contributed by atoms with Gasteiger partial charge in [-0.15, -0.1) is 0 Å². The number of nitrogens with zero attached hydrogens (tertiary/aromatic N) is 1. The molecule has 2 rings (SSSR count). The minimum atomic E-state index is -1.15. The lowest BCUT2D eigenvalue weighted by Crippen LogP contribution is -2.43. The number of rotatable bonds is 3. The normalized spacial score (nSPS) is 21.1. The van der Waals surface area contributed by atoms with Crippen LogP contribution in [0.15, 0.2) is 24.3 Å². The van der Waals surface area contributed by atoms with Gasteiger partial charge in [-0.25, -0.2) is 9.59 Å². The molecule has 2 unspecified atom stereocenters. The maximum atomic E-state index is 12.1. The number of Topliss-reactive ketones (excluding diaryl/α,β-unsaturated/α-hetero) is 1. The van der Waals surface area contributed by atoms with Crippen molar-refractivity contribution in [2.45, 2.75) is 25.5 Å². The third-order valence-electron chi connectivity index (χ3n) is 3.35. The Morgan fingerprint density at radius 3 is 2.67 bits per heavy atom. The molecule has 1 aliphatic heterocycles. The molecular formula is C14H16N2O5. The van der Waals surface area contributed by atoms with Gasteiger partial charge in [-0.2, -0.15) is 0 Å². The van der Waals surface area contributed by atoms with Gasteiger partial charge in [0.15, 0.2) is 5.78 Å². The Morgan fingerprint density at radius 2 is 2.05 bits per heavy atom. The fourth-order valence-corrected chi connectivity index (χ4v) is 2.28. The van der Waals surface area contributed by atoms with Gasteiger partial charge in [0.1, 0.15) is 6.04 Å². The Balaban J connectivity index is 2.12. The molecule has 1 fully saturated rings. The van der Waals surface area contributed by atoms with Crippen LogP contribution in [0.25, 0.3) is 0 Å². The summed E-state index contributed by atoms with van der Waals surface area (Å²) < 4.78 is 0. The summed E-state index contributed by atoms with van der Waals surface area (Å²) in [5.41, 5.74) is 0.849. The zero-order valence-corrected chi connectivity index (χ0v) is 11.4. The number of carbonyl (C=O) groups is 3. The minimum absolute atomic E-state index is 0.0102. The van der Waals surface area contributed by atoms with Crippen molar-refractivity contribution in [1.29, 1.82) is 0 Å². The molecule has 7 heteroatoms. The van der Waals surface area contributed by atoms with Gasteiger partial charge in [-0.3, -0.25) is 4.79 Å². The average Bonchev–Trinajstić information content (AvgIpc) is 2.81. The van der Waals surface area contributed by atoms with E-state index in [1.807, 2.05) is 0 Å². The molecule has 0 radical (unpaired) electrons. The molecule has 0 saturated carbocycles. The van der Waals surface area contributed by atoms with Crippen molar-refractivity contribution in [1.82, 2.24) is 4.90 Å². The van der Waals surface area contributed by atoms with Crippen molar-refractivity contribution in [3.8, 4) is 0 Å². The van der Waals surface area contributed by atoms with Gasteiger partial charge in [-0.05, 0) is 19.1 Å². The second kappa shape index (κ2) is 5.92. The van der Waals surface area contributed by atoms with Crippen LogP contribution in [0.3, 0.4) is 0 Å². The Labute approximate surface area is 121 Å². The number of ketones is 1. The standard InChI is InChI=1S/C14H16N2O5/c1-8(17)9-3-2-4-10(5-9)15-14(21)16-7-11(18)6-12(16)13(19)20/h2-5,11-12,18H,6-7H2,1H3,(H,15,21)(H,19,20). The number of aliphatic hydroxyl groups excluding tert-OH is 1. The summed E-state index contributed by atoms with van der Waals surface area (Å²) in [6.45, 7) is 1.38. The highest BCUT2D eigenvalue weighted by molar-refractivity contribution is 5.97. The summed E-state index contributed by atoms with van der Waals surface area (Å²) in [7, 11) is 0. The molecule has 2 atom stereocenters. The number of benzene rings is 1. The number of hydrogen-bond acceptors (Lipinski definition) is 4. The first kappa shape index (κ1) is 15.0. The van der Waals surface area contributed by atoms with Crippen LogP contribution in [0.4, 0.5) is 10.5 Å². The maximum absolute atomic E-state index is 12.1. The van der Waals surface area contributed by atoms with E-state index in [2.05, 4.69) is 5.32 Å². The lowest BCUT2D eigenvalue weighted by atomic mass is 10.1. The maximum Gasteiger partial charge on any atom is 0.326 e. The number of aliphatic hydroxyl groups is 1. The first-order valence-corrected chi connectivity index (χ1v) is 6.48. The van der Waals surface area contributed by atoms with E-state index in [0.717, 1.165) is 4.90 Å². The van der Waals surface area contributed by atoms with Gasteiger partial charge in [0, 0.05) is 24.2 Å². The molecule has 3 N–H and O–H groups in total. The average molecular weight is 292 g/mol. The third-order valence-corrected chi connectivity index (χ3v) is 3.35. The molecule has 0 aliphatic carbocycles. The predicted octanol–water partition coefficient (Wildman–Crippen LogP) is 0.941. The monoisotopic (exact) mass is 292 g/mol. The molecule has 2 amide bonds. The van der Waals surface area contributed by atoms with E-state index < -0.39 is 24.1 Å². The third kappa shape index (κ3) is 3.38. The molecule has 112 valence electrons. The molecule has 21 heavy (non-hydrogen) atoms. The van der Waals surface area contributed by atoms with Crippen molar-refractivity contribution >= 4 is 23.5 Å². The van der Waals surface area contributed by atoms with Crippen molar-refractivity contribution in [2.24, 2.45) is 0 Å². The molecule has 1 saturated heterocycles. The molecular weight excluding hydrogens is 276 g/mol. The van der Waals surface area contributed by atoms with Crippen LogP contribution in [0.1, 0.15) is 23.7 Å². The van der Waals surface area contributed by atoms with Gasteiger partial charge in [0.05, 0.1) is 6.10 Å². The number of β-amino-alcohol motifs (C(OH)–C–C–N with tert-alkyl or cyclic N) is 1. The summed E-state index contributed by atoms with van der Waals surface area (Å²) >= 11 is 0. The Hall–Kier alpha value is -2.41. The fraction of sp³-hybridized carbons (Fsp3) is 0.357. The highest BCUT2D eigenvalue weighted by Crippen LogP contribution is 2.20. The molecule has 1 aromatic carbocycles. The quantitative estimate of drug-likeness (QED) is 0.719. The Bertz CT molecular complexity index is 586. The summed E-state index contributed by atoms with van der Waals surface area (Å²) in [5, 5.41) is 21.1. The van der Waals surface area contributed by atoms with Crippen molar-refractivity contribution in [3.63, 3.8) is 0 Å². The smallest absolute Gasteiger partial charge is 0.326 e. The zero-order valence-electron chi connectivity index (χ0n) is 11.4. The first-order chi connectivity index (χ1) is 9.88. The number of nitrogens with one attached hydrogen (secondary N) is 1. The number of carboxylic acid groups (broad SMARTS) is 1. The zero-order chi connectivity index (χ0) is 15.6. The predicted molar refractivity (Wildman–Crippen MR) is 74.2 cm³/mol. The van der Waals surface area contributed by atoms with E-state index >= 15 is 0 Å². The number of carboxylic acids is 1. The lowest BCUT2D eigenvalue weighted by molar-refractivity contribution is -0.141. The van der Waals surface area contributed by atoms with Crippen molar-refractivity contribution in [2.75, 3.05) is 11.9 Å². The highest BCUT2D eigenvalue weighted by atomic mass is 16.4. The number of anilines is 1. The van der Waals surface area contributed by atoms with Crippen molar-refractivity contribution in [3.05, 3.63) is 29.8 Å². The molecule has 0 aromatic heterocycles. The van der Waals surface area contributed by atoms with Crippen LogP contribution in [0.5, 0.6) is 0 Å². The largest absolute Gasteiger partial charge is 0.480 e. The molecule has 0 bridgehead atoms. The van der Waals surface area contributed by atoms with E-state index in [9.17, 15) is 19.5 Å². The van der Waals surface area contributed by atoms with Crippen LogP contribution in [-0.2, 0) is 4.79 Å². The van der Waals surface area contributed by atoms with E-state index in [4.69, 9.17) is 5.11 Å². The van der Waals surface area contributed by atoms with Gasteiger partial charge in [0.25, 0.3) is 0 Å². The fourth-order valence-electron chi connectivity index (χ4n) is 2.28. The number of carbonyl (C=O) groups excluding carboxylic acids is 2. The number of amides is 2. The van der Waals surface area contributed by atoms with Gasteiger partial charge in [0.2, 0.25) is 0 Å². The highest BCUT2D eigenvalue weighted by Gasteiger charge is 2.38. The van der Waals surface area contributed by atoms with Gasteiger partial charge in [-0.1, -0.05) is 12.1 Å². The summed E-state index contributed by atoms with van der Waals surface area (Å²) in [6.07, 6.45) is -0.837. The van der Waals surface area contributed by atoms with Crippen LogP contribution < -0.4 is 5.32 Å². The lowest BCUT2D eigenvalue weighted by Gasteiger charge is -2.21. The second-order valence-electron chi connectivity index (χ2n) is 4.96. The van der Waals surface area contributed by atoms with Crippen LogP contribution in [0.2, 0.25) is 0 Å². The van der Waals surface area contributed by atoms with Gasteiger partial charge < -0.3 is 20.4 Å².